The monoisotopic (exact) mass is 281 g/mol. The first kappa shape index (κ1) is 14.2. The number of hydrogen-bond acceptors (Lipinski definition) is 2. The predicted octanol–water partition coefficient (Wildman–Crippen LogP) is 4.27. The summed E-state index contributed by atoms with van der Waals surface area (Å²) in [5.74, 6) is 0.568. The molecule has 0 aliphatic heterocycles. The van der Waals surface area contributed by atoms with Crippen LogP contribution in [0.25, 0.3) is 11.1 Å². The third-order valence-electron chi connectivity index (χ3n) is 3.10. The number of nitrogens with two attached hydrogens (primary N) is 1. The van der Waals surface area contributed by atoms with Gasteiger partial charge in [-0.3, -0.25) is 0 Å². The Balaban J connectivity index is 2.63. The molecule has 2 aromatic rings. The van der Waals surface area contributed by atoms with E-state index < -0.39 is 11.7 Å². The van der Waals surface area contributed by atoms with E-state index >= 15 is 0 Å². The Morgan fingerprint density at radius 1 is 1.05 bits per heavy atom. The number of methoxy groups -OCH3 is 1. The minimum atomic E-state index is -4.41. The molecule has 106 valence electrons. The second kappa shape index (κ2) is 5.07. The highest BCUT2D eigenvalue weighted by atomic mass is 19.4. The lowest BCUT2D eigenvalue weighted by molar-refractivity contribution is -0.138. The summed E-state index contributed by atoms with van der Waals surface area (Å²) >= 11 is 0. The summed E-state index contributed by atoms with van der Waals surface area (Å²) in [5, 5.41) is 0. The molecule has 0 saturated carbocycles. The highest BCUT2D eigenvalue weighted by molar-refractivity contribution is 5.81. The topological polar surface area (TPSA) is 35.2 Å². The van der Waals surface area contributed by atoms with E-state index in [9.17, 15) is 13.2 Å². The number of ether oxygens (including phenoxy) is 1. The Hall–Kier alpha value is -2.17. The number of hydrogen-bond donors (Lipinski definition) is 1. The van der Waals surface area contributed by atoms with Crippen LogP contribution in [0.2, 0.25) is 0 Å². The Kier molecular flexibility index (Phi) is 3.61. The standard InChI is InChI=1S/C15H14F3NO/c1-9-7-11(10-5-3-4-6-14(10)20-2)13(19)8-12(9)15(16,17)18/h3-8H,19H2,1-2H3. The molecule has 20 heavy (non-hydrogen) atoms. The molecule has 0 heterocycles. The summed E-state index contributed by atoms with van der Waals surface area (Å²) < 4.78 is 43.7. The van der Waals surface area contributed by atoms with E-state index in [1.165, 1.54) is 20.1 Å². The second-order valence-electron chi connectivity index (χ2n) is 4.45. The van der Waals surface area contributed by atoms with Crippen LogP contribution in [0.4, 0.5) is 18.9 Å². The van der Waals surface area contributed by atoms with Gasteiger partial charge in [0, 0.05) is 16.8 Å². The molecule has 2 nitrogen and oxygen atoms in total. The van der Waals surface area contributed by atoms with Crippen LogP contribution in [0.3, 0.4) is 0 Å². The quantitative estimate of drug-likeness (QED) is 0.834. The van der Waals surface area contributed by atoms with E-state index in [-0.39, 0.29) is 11.3 Å². The average Bonchev–Trinajstić information content (AvgIpc) is 2.39. The lowest BCUT2D eigenvalue weighted by Gasteiger charge is -2.16. The van der Waals surface area contributed by atoms with Gasteiger partial charge in [-0.2, -0.15) is 13.2 Å². The van der Waals surface area contributed by atoms with Gasteiger partial charge >= 0.3 is 6.18 Å². The van der Waals surface area contributed by atoms with Crippen LogP contribution in [0.15, 0.2) is 36.4 Å². The zero-order valence-electron chi connectivity index (χ0n) is 11.1. The zero-order chi connectivity index (χ0) is 14.9. The largest absolute Gasteiger partial charge is 0.496 e. The van der Waals surface area contributed by atoms with Crippen LogP contribution in [0, 0.1) is 6.92 Å². The van der Waals surface area contributed by atoms with E-state index in [0.717, 1.165) is 6.07 Å². The molecule has 0 saturated heterocycles. The van der Waals surface area contributed by atoms with Crippen molar-refractivity contribution in [1.82, 2.24) is 0 Å². The molecule has 5 heteroatoms. The number of aryl methyl sites for hydroxylation is 1. The molecule has 0 unspecified atom stereocenters. The Morgan fingerprint density at radius 2 is 1.70 bits per heavy atom. The second-order valence-corrected chi connectivity index (χ2v) is 4.45. The molecule has 0 amide bonds. The Morgan fingerprint density at radius 3 is 2.30 bits per heavy atom. The van der Waals surface area contributed by atoms with Crippen molar-refractivity contribution < 1.29 is 17.9 Å². The maximum absolute atomic E-state index is 12.8. The number of benzene rings is 2. The summed E-state index contributed by atoms with van der Waals surface area (Å²) in [4.78, 5) is 0. The maximum atomic E-state index is 12.8. The number of anilines is 1. The maximum Gasteiger partial charge on any atom is 0.416 e. The summed E-state index contributed by atoms with van der Waals surface area (Å²) in [6.07, 6.45) is -4.41. The van der Waals surface area contributed by atoms with Crippen molar-refractivity contribution in [3.05, 3.63) is 47.5 Å². The van der Waals surface area contributed by atoms with Crippen LogP contribution in [-0.4, -0.2) is 7.11 Å². The van der Waals surface area contributed by atoms with Gasteiger partial charge < -0.3 is 10.5 Å². The van der Waals surface area contributed by atoms with Gasteiger partial charge in [0.05, 0.1) is 12.7 Å². The van der Waals surface area contributed by atoms with Crippen LogP contribution >= 0.6 is 0 Å². The first-order chi connectivity index (χ1) is 9.34. The minimum Gasteiger partial charge on any atom is -0.496 e. The number of para-hydroxylation sites is 1. The molecule has 0 spiro atoms. The molecule has 2 aromatic carbocycles. The third kappa shape index (κ3) is 2.57. The Labute approximate surface area is 115 Å². The van der Waals surface area contributed by atoms with Crippen molar-refractivity contribution in [2.75, 3.05) is 12.8 Å². The molecular weight excluding hydrogens is 267 g/mol. The lowest BCUT2D eigenvalue weighted by Crippen LogP contribution is -2.09. The van der Waals surface area contributed by atoms with E-state index in [4.69, 9.17) is 10.5 Å². The van der Waals surface area contributed by atoms with Crippen molar-refractivity contribution in [1.29, 1.82) is 0 Å². The van der Waals surface area contributed by atoms with Gasteiger partial charge in [0.25, 0.3) is 0 Å². The molecule has 0 aliphatic rings. The molecular formula is C15H14F3NO. The van der Waals surface area contributed by atoms with Gasteiger partial charge in [-0.05, 0) is 30.7 Å². The lowest BCUT2D eigenvalue weighted by atomic mass is 9.97. The molecule has 0 atom stereocenters. The molecule has 0 fully saturated rings. The van der Waals surface area contributed by atoms with Gasteiger partial charge in [-0.25, -0.2) is 0 Å². The summed E-state index contributed by atoms with van der Waals surface area (Å²) in [6.45, 7) is 1.42. The van der Waals surface area contributed by atoms with Gasteiger partial charge in [0.1, 0.15) is 5.75 Å². The Bertz CT molecular complexity index is 636. The first-order valence-electron chi connectivity index (χ1n) is 5.95. The van der Waals surface area contributed by atoms with Crippen LogP contribution in [-0.2, 0) is 6.18 Å². The molecule has 0 bridgehead atoms. The van der Waals surface area contributed by atoms with E-state index in [0.29, 0.717) is 16.9 Å². The molecule has 0 aromatic heterocycles. The van der Waals surface area contributed by atoms with Gasteiger partial charge in [-0.1, -0.05) is 18.2 Å². The van der Waals surface area contributed by atoms with Crippen molar-refractivity contribution in [3.8, 4) is 16.9 Å². The van der Waals surface area contributed by atoms with Crippen molar-refractivity contribution >= 4 is 5.69 Å². The minimum absolute atomic E-state index is 0.0763. The normalized spacial score (nSPS) is 11.4. The highest BCUT2D eigenvalue weighted by Gasteiger charge is 2.33. The molecule has 0 radical (unpaired) electrons. The van der Waals surface area contributed by atoms with Gasteiger partial charge in [0.2, 0.25) is 0 Å². The smallest absolute Gasteiger partial charge is 0.416 e. The average molecular weight is 281 g/mol. The number of nitrogen functional groups attached to an aromatic ring is 1. The SMILES string of the molecule is COc1ccccc1-c1cc(C)c(C(F)(F)F)cc1N. The van der Waals surface area contributed by atoms with Gasteiger partial charge in [-0.15, -0.1) is 0 Å². The van der Waals surface area contributed by atoms with E-state index in [1.807, 2.05) is 0 Å². The number of alkyl halides is 3. The van der Waals surface area contributed by atoms with Crippen molar-refractivity contribution in [2.45, 2.75) is 13.1 Å². The summed E-state index contributed by atoms with van der Waals surface area (Å²) in [5.41, 5.74) is 6.49. The van der Waals surface area contributed by atoms with E-state index in [1.54, 1.807) is 24.3 Å². The van der Waals surface area contributed by atoms with E-state index in [2.05, 4.69) is 0 Å². The van der Waals surface area contributed by atoms with Crippen molar-refractivity contribution in [2.24, 2.45) is 0 Å². The van der Waals surface area contributed by atoms with Crippen molar-refractivity contribution in [3.63, 3.8) is 0 Å². The summed E-state index contributed by atoms with van der Waals surface area (Å²) in [6, 6.07) is 9.48. The fourth-order valence-electron chi connectivity index (χ4n) is 2.13. The zero-order valence-corrected chi connectivity index (χ0v) is 11.1. The first-order valence-corrected chi connectivity index (χ1v) is 5.95. The van der Waals surface area contributed by atoms with Crippen LogP contribution < -0.4 is 10.5 Å². The summed E-state index contributed by atoms with van der Waals surface area (Å²) in [7, 11) is 1.51. The highest BCUT2D eigenvalue weighted by Crippen LogP contribution is 2.39. The molecule has 2 N–H and O–H groups in total. The predicted molar refractivity (Wildman–Crippen MR) is 72.6 cm³/mol. The van der Waals surface area contributed by atoms with Gasteiger partial charge in [0.15, 0.2) is 0 Å². The third-order valence-corrected chi connectivity index (χ3v) is 3.10. The van der Waals surface area contributed by atoms with Crippen LogP contribution in [0.5, 0.6) is 5.75 Å². The van der Waals surface area contributed by atoms with Crippen LogP contribution in [0.1, 0.15) is 11.1 Å². The number of halogens is 3. The fraction of sp³-hybridized carbons (Fsp3) is 0.200. The number of rotatable bonds is 2. The fourth-order valence-corrected chi connectivity index (χ4v) is 2.13. The molecule has 0 aliphatic carbocycles. The molecule has 2 rings (SSSR count).